The van der Waals surface area contributed by atoms with Crippen LogP contribution in [0.3, 0.4) is 0 Å². The maximum Gasteiger partial charge on any atom is 0.121 e. The molecule has 0 saturated carbocycles. The Balaban J connectivity index is 1.32. The number of nitrogens with zero attached hydrogens (tertiary/aromatic N) is 1. The second-order valence-electron chi connectivity index (χ2n) is 7.43. The van der Waals surface area contributed by atoms with E-state index in [-0.39, 0.29) is 0 Å². The van der Waals surface area contributed by atoms with E-state index in [9.17, 15) is 0 Å². The molecule has 0 aliphatic rings. The molecule has 0 bridgehead atoms. The molecule has 5 rings (SSSR count). The van der Waals surface area contributed by atoms with Crippen LogP contribution in [0, 0.1) is 0 Å². The summed E-state index contributed by atoms with van der Waals surface area (Å²) in [6, 6.07) is 29.2. The molecule has 148 valence electrons. The topological polar surface area (TPSA) is 56.5 Å². The van der Waals surface area contributed by atoms with Gasteiger partial charge >= 0.3 is 0 Å². The van der Waals surface area contributed by atoms with E-state index in [1.54, 1.807) is 0 Å². The number of hydrogen-bond acceptors (Lipinski definition) is 2. The van der Waals surface area contributed by atoms with Crippen LogP contribution in [0.15, 0.2) is 91.1 Å². The average molecular weight is 393 g/mol. The summed E-state index contributed by atoms with van der Waals surface area (Å²) in [5.74, 6) is 0.951. The quantitative estimate of drug-likeness (QED) is 0.318. The van der Waals surface area contributed by atoms with Crippen LogP contribution < -0.4 is 5.32 Å². The summed E-state index contributed by atoms with van der Waals surface area (Å²) >= 11 is 0. The molecule has 4 nitrogen and oxygen atoms in total. The largest absolute Gasteiger partial charge is 0.361 e. The van der Waals surface area contributed by atoms with Gasteiger partial charge in [0, 0.05) is 28.2 Å². The molecular formula is C26H24N4. The number of imidazole rings is 1. The van der Waals surface area contributed by atoms with Crippen LogP contribution in [0.5, 0.6) is 0 Å². The first-order valence-corrected chi connectivity index (χ1v) is 10.3. The highest BCUT2D eigenvalue weighted by Crippen LogP contribution is 2.29. The van der Waals surface area contributed by atoms with Gasteiger partial charge < -0.3 is 15.3 Å². The van der Waals surface area contributed by atoms with Gasteiger partial charge in [-0.1, -0.05) is 78.9 Å². The SMILES string of the molecule is c1ccc(-c2nc(CNCCc3c[nH]c4ccccc34)[nH]c2-c2ccccc2)cc1. The monoisotopic (exact) mass is 392 g/mol. The number of benzene rings is 3. The highest BCUT2D eigenvalue weighted by Gasteiger charge is 2.13. The number of nitrogens with one attached hydrogen (secondary N) is 3. The third kappa shape index (κ3) is 3.78. The summed E-state index contributed by atoms with van der Waals surface area (Å²) in [5.41, 5.74) is 6.86. The van der Waals surface area contributed by atoms with Crippen LogP contribution >= 0.6 is 0 Å². The Morgan fingerprint density at radius 3 is 2.27 bits per heavy atom. The Kier molecular flexibility index (Phi) is 5.15. The van der Waals surface area contributed by atoms with Crippen LogP contribution in [0.25, 0.3) is 33.4 Å². The van der Waals surface area contributed by atoms with Gasteiger partial charge in [0.15, 0.2) is 0 Å². The van der Waals surface area contributed by atoms with Crippen molar-refractivity contribution < 1.29 is 0 Å². The maximum absolute atomic E-state index is 4.92. The maximum atomic E-state index is 4.92. The fourth-order valence-electron chi connectivity index (χ4n) is 3.89. The molecule has 0 unspecified atom stereocenters. The van der Waals surface area contributed by atoms with E-state index in [1.165, 1.54) is 16.5 Å². The lowest BCUT2D eigenvalue weighted by molar-refractivity contribution is 0.666. The van der Waals surface area contributed by atoms with Gasteiger partial charge in [0.25, 0.3) is 0 Å². The second kappa shape index (κ2) is 8.39. The Labute approximate surface area is 176 Å². The molecule has 0 radical (unpaired) electrons. The van der Waals surface area contributed by atoms with Gasteiger partial charge in [-0.15, -0.1) is 0 Å². The molecule has 3 N–H and O–H groups in total. The van der Waals surface area contributed by atoms with Gasteiger partial charge in [0.05, 0.1) is 17.9 Å². The third-order valence-electron chi connectivity index (χ3n) is 5.40. The van der Waals surface area contributed by atoms with Crippen molar-refractivity contribution in [1.29, 1.82) is 0 Å². The molecular weight excluding hydrogens is 368 g/mol. The summed E-state index contributed by atoms with van der Waals surface area (Å²) < 4.78 is 0. The Morgan fingerprint density at radius 2 is 1.47 bits per heavy atom. The van der Waals surface area contributed by atoms with E-state index in [0.717, 1.165) is 41.3 Å². The first-order chi connectivity index (χ1) is 14.9. The van der Waals surface area contributed by atoms with Crippen molar-refractivity contribution in [3.05, 3.63) is 103 Å². The van der Waals surface area contributed by atoms with Crippen LogP contribution in [0.1, 0.15) is 11.4 Å². The van der Waals surface area contributed by atoms with E-state index >= 15 is 0 Å². The molecule has 3 aromatic carbocycles. The molecule has 30 heavy (non-hydrogen) atoms. The first kappa shape index (κ1) is 18.4. The third-order valence-corrected chi connectivity index (χ3v) is 5.40. The van der Waals surface area contributed by atoms with E-state index in [0.29, 0.717) is 6.54 Å². The molecule has 0 amide bonds. The summed E-state index contributed by atoms with van der Waals surface area (Å²) in [6.45, 7) is 1.60. The van der Waals surface area contributed by atoms with Crippen molar-refractivity contribution in [2.45, 2.75) is 13.0 Å². The lowest BCUT2D eigenvalue weighted by Crippen LogP contribution is -2.17. The number of H-pyrrole nitrogens is 2. The van der Waals surface area contributed by atoms with Gasteiger partial charge in [-0.25, -0.2) is 4.98 Å². The molecule has 0 fully saturated rings. The predicted molar refractivity (Wildman–Crippen MR) is 123 cm³/mol. The van der Waals surface area contributed by atoms with Crippen LogP contribution in [-0.2, 0) is 13.0 Å². The number of rotatable bonds is 7. The minimum absolute atomic E-state index is 0.703. The first-order valence-electron chi connectivity index (χ1n) is 10.3. The predicted octanol–water partition coefficient (Wildman–Crippen LogP) is 5.56. The summed E-state index contributed by atoms with van der Waals surface area (Å²) in [5, 5.41) is 4.84. The van der Waals surface area contributed by atoms with Crippen LogP contribution in [0.4, 0.5) is 0 Å². The normalized spacial score (nSPS) is 11.2. The van der Waals surface area contributed by atoms with Gasteiger partial charge in [-0.3, -0.25) is 0 Å². The van der Waals surface area contributed by atoms with Gasteiger partial charge in [-0.05, 0) is 24.6 Å². The highest BCUT2D eigenvalue weighted by atomic mass is 15.0. The number of hydrogen-bond donors (Lipinski definition) is 3. The molecule has 2 heterocycles. The highest BCUT2D eigenvalue weighted by molar-refractivity contribution is 5.83. The zero-order chi connectivity index (χ0) is 20.2. The molecule has 0 aliphatic carbocycles. The van der Waals surface area contributed by atoms with E-state index in [4.69, 9.17) is 4.98 Å². The van der Waals surface area contributed by atoms with Crippen LogP contribution in [-0.4, -0.2) is 21.5 Å². The number of aromatic nitrogens is 3. The van der Waals surface area contributed by atoms with E-state index in [2.05, 4.69) is 94.3 Å². The van der Waals surface area contributed by atoms with Gasteiger partial charge in [-0.2, -0.15) is 0 Å². The lowest BCUT2D eigenvalue weighted by atomic mass is 10.1. The molecule has 5 aromatic rings. The number of aromatic amines is 2. The minimum Gasteiger partial charge on any atom is -0.361 e. The molecule has 2 aromatic heterocycles. The number of para-hydroxylation sites is 1. The van der Waals surface area contributed by atoms with Gasteiger partial charge in [0.2, 0.25) is 0 Å². The molecule has 0 aliphatic heterocycles. The fourth-order valence-corrected chi connectivity index (χ4v) is 3.89. The van der Waals surface area contributed by atoms with Crippen molar-refractivity contribution >= 4 is 10.9 Å². The Hall–Kier alpha value is -3.63. The summed E-state index contributed by atoms with van der Waals surface area (Å²) in [6.07, 6.45) is 3.09. The molecule has 0 spiro atoms. The van der Waals surface area contributed by atoms with Gasteiger partial charge in [0.1, 0.15) is 5.82 Å². The van der Waals surface area contributed by atoms with Crippen molar-refractivity contribution in [3.8, 4) is 22.5 Å². The zero-order valence-electron chi connectivity index (χ0n) is 16.7. The smallest absolute Gasteiger partial charge is 0.121 e. The molecule has 4 heteroatoms. The van der Waals surface area contributed by atoms with Crippen molar-refractivity contribution in [3.63, 3.8) is 0 Å². The molecule has 0 saturated heterocycles. The fraction of sp³-hybridized carbons (Fsp3) is 0.115. The van der Waals surface area contributed by atoms with Crippen molar-refractivity contribution in [2.75, 3.05) is 6.54 Å². The number of fused-ring (bicyclic) bond motifs is 1. The zero-order valence-corrected chi connectivity index (χ0v) is 16.7. The molecule has 0 atom stereocenters. The van der Waals surface area contributed by atoms with Crippen LogP contribution in [0.2, 0.25) is 0 Å². The lowest BCUT2D eigenvalue weighted by Gasteiger charge is -2.03. The second-order valence-corrected chi connectivity index (χ2v) is 7.43. The van der Waals surface area contributed by atoms with E-state index < -0.39 is 0 Å². The van der Waals surface area contributed by atoms with Crippen molar-refractivity contribution in [1.82, 2.24) is 20.3 Å². The standard InChI is InChI=1S/C26H24N4/c1-3-9-19(10-4-1)25-26(20-11-5-2-6-12-20)30-24(29-25)18-27-16-15-21-17-28-23-14-8-7-13-22(21)23/h1-14,17,27-28H,15-16,18H2,(H,29,30). The summed E-state index contributed by atoms with van der Waals surface area (Å²) in [4.78, 5) is 11.8. The minimum atomic E-state index is 0.703. The average Bonchev–Trinajstić information content (AvgIpc) is 3.43. The van der Waals surface area contributed by atoms with Crippen molar-refractivity contribution in [2.24, 2.45) is 0 Å². The Morgan fingerprint density at radius 1 is 0.767 bits per heavy atom. The summed E-state index contributed by atoms with van der Waals surface area (Å²) in [7, 11) is 0. The Bertz CT molecular complexity index is 1180. The van der Waals surface area contributed by atoms with E-state index in [1.807, 2.05) is 12.1 Å².